The summed E-state index contributed by atoms with van der Waals surface area (Å²) in [7, 11) is -2.39. The summed E-state index contributed by atoms with van der Waals surface area (Å²) in [6.45, 7) is 7.78. The predicted octanol–water partition coefficient (Wildman–Crippen LogP) is 5.67. The standard InChI is InChI=1S/C28H31ClN2O5S/c1-18(31(37(6,34)35)23-14-15-25(36-5)24(29)17-23)27(33)30-22-9-7-8-20(16-22)26(32)19-10-12-21(13-11-19)28(2,3)4/h7-18H,1-6H3,(H,30,33)/t18-/m1/s1. The number of ether oxygens (including phenoxy) is 1. The first kappa shape index (κ1) is 28.2. The third-order valence-electron chi connectivity index (χ3n) is 5.88. The van der Waals surface area contributed by atoms with Gasteiger partial charge in [-0.1, -0.05) is 68.8 Å². The van der Waals surface area contributed by atoms with Crippen LogP contribution in [0.4, 0.5) is 11.4 Å². The van der Waals surface area contributed by atoms with Gasteiger partial charge in [0.2, 0.25) is 15.9 Å². The summed E-state index contributed by atoms with van der Waals surface area (Å²) in [5.41, 5.74) is 2.61. The monoisotopic (exact) mass is 542 g/mol. The van der Waals surface area contributed by atoms with Gasteiger partial charge >= 0.3 is 0 Å². The molecule has 0 unspecified atom stereocenters. The molecule has 7 nitrogen and oxygen atoms in total. The number of anilines is 2. The smallest absolute Gasteiger partial charge is 0.247 e. The van der Waals surface area contributed by atoms with Crippen molar-refractivity contribution in [2.45, 2.75) is 39.2 Å². The molecule has 0 saturated heterocycles. The van der Waals surface area contributed by atoms with Crippen molar-refractivity contribution < 1.29 is 22.7 Å². The Morgan fingerprint density at radius 3 is 2.16 bits per heavy atom. The molecule has 0 saturated carbocycles. The van der Waals surface area contributed by atoms with Gasteiger partial charge in [-0.3, -0.25) is 13.9 Å². The second kappa shape index (κ2) is 10.9. The number of nitrogens with one attached hydrogen (secondary N) is 1. The minimum absolute atomic E-state index is 0.0283. The van der Waals surface area contributed by atoms with E-state index in [-0.39, 0.29) is 21.9 Å². The number of benzene rings is 3. The van der Waals surface area contributed by atoms with Crippen LogP contribution in [0.1, 0.15) is 49.2 Å². The first-order chi connectivity index (χ1) is 17.2. The highest BCUT2D eigenvalue weighted by Gasteiger charge is 2.30. The molecule has 0 spiro atoms. The summed E-state index contributed by atoms with van der Waals surface area (Å²) in [5.74, 6) is -0.378. The minimum Gasteiger partial charge on any atom is -0.495 e. The molecule has 3 aromatic carbocycles. The molecule has 9 heteroatoms. The first-order valence-electron chi connectivity index (χ1n) is 11.6. The second-order valence-electron chi connectivity index (χ2n) is 9.78. The zero-order valence-electron chi connectivity index (χ0n) is 21.7. The van der Waals surface area contributed by atoms with Crippen molar-refractivity contribution in [1.29, 1.82) is 0 Å². The molecule has 0 aromatic heterocycles. The summed E-state index contributed by atoms with van der Waals surface area (Å²) >= 11 is 6.19. The number of ketones is 1. The lowest BCUT2D eigenvalue weighted by atomic mass is 9.86. The van der Waals surface area contributed by atoms with Crippen molar-refractivity contribution in [3.63, 3.8) is 0 Å². The number of methoxy groups -OCH3 is 1. The number of carbonyl (C=O) groups is 2. The topological polar surface area (TPSA) is 92.8 Å². The summed E-state index contributed by atoms with van der Waals surface area (Å²) in [5, 5.41) is 2.93. The van der Waals surface area contributed by atoms with E-state index >= 15 is 0 Å². The van der Waals surface area contributed by atoms with Crippen LogP contribution in [0, 0.1) is 0 Å². The number of hydrogen-bond acceptors (Lipinski definition) is 5. The van der Waals surface area contributed by atoms with E-state index in [1.165, 1.54) is 32.2 Å². The van der Waals surface area contributed by atoms with E-state index < -0.39 is 22.0 Å². The van der Waals surface area contributed by atoms with Gasteiger partial charge < -0.3 is 10.1 Å². The largest absolute Gasteiger partial charge is 0.495 e. The van der Waals surface area contributed by atoms with Gasteiger partial charge in [0.05, 0.1) is 24.1 Å². The number of hydrogen-bond donors (Lipinski definition) is 1. The maximum absolute atomic E-state index is 13.1. The molecule has 1 amide bonds. The van der Waals surface area contributed by atoms with Crippen LogP contribution in [-0.2, 0) is 20.2 Å². The fourth-order valence-electron chi connectivity index (χ4n) is 3.87. The Balaban J connectivity index is 1.83. The van der Waals surface area contributed by atoms with Crippen LogP contribution in [-0.4, -0.2) is 39.5 Å². The SMILES string of the molecule is COc1ccc(N([C@H](C)C(=O)Nc2cccc(C(=O)c3ccc(C(C)(C)C)cc3)c2)S(C)(=O)=O)cc1Cl. The molecule has 0 aliphatic heterocycles. The third kappa shape index (κ3) is 6.70. The minimum atomic E-state index is -3.84. The van der Waals surface area contributed by atoms with Crippen molar-refractivity contribution in [3.05, 3.63) is 88.4 Å². The van der Waals surface area contributed by atoms with E-state index in [4.69, 9.17) is 16.3 Å². The average molecular weight is 543 g/mol. The molecule has 196 valence electrons. The molecule has 1 N–H and O–H groups in total. The Morgan fingerprint density at radius 2 is 1.62 bits per heavy atom. The van der Waals surface area contributed by atoms with Crippen molar-refractivity contribution in [1.82, 2.24) is 0 Å². The van der Waals surface area contributed by atoms with Gasteiger partial charge in [0.1, 0.15) is 11.8 Å². The maximum atomic E-state index is 13.1. The van der Waals surface area contributed by atoms with Gasteiger partial charge in [0.25, 0.3) is 0 Å². The summed E-state index contributed by atoms with van der Waals surface area (Å²) in [6.07, 6.45) is 1.01. The number of carbonyl (C=O) groups excluding carboxylic acids is 2. The molecule has 1 atom stereocenters. The van der Waals surface area contributed by atoms with Crippen LogP contribution in [0.3, 0.4) is 0 Å². The van der Waals surface area contributed by atoms with Crippen LogP contribution in [0.5, 0.6) is 5.75 Å². The molecule has 0 fully saturated rings. The molecule has 0 bridgehead atoms. The Hall–Kier alpha value is -3.36. The highest BCUT2D eigenvalue weighted by atomic mass is 35.5. The maximum Gasteiger partial charge on any atom is 0.247 e. The van der Waals surface area contributed by atoms with Crippen LogP contribution in [0.2, 0.25) is 5.02 Å². The van der Waals surface area contributed by atoms with Gasteiger partial charge in [-0.2, -0.15) is 0 Å². The molecular weight excluding hydrogens is 512 g/mol. The predicted molar refractivity (Wildman–Crippen MR) is 148 cm³/mol. The molecule has 0 aliphatic rings. The summed E-state index contributed by atoms with van der Waals surface area (Å²) in [4.78, 5) is 26.2. The zero-order chi connectivity index (χ0) is 27.5. The summed E-state index contributed by atoms with van der Waals surface area (Å²) in [6, 6.07) is 17.4. The van der Waals surface area contributed by atoms with Gasteiger partial charge in [-0.15, -0.1) is 0 Å². The molecule has 0 heterocycles. The lowest BCUT2D eigenvalue weighted by Crippen LogP contribution is -2.45. The number of rotatable bonds is 8. The lowest BCUT2D eigenvalue weighted by molar-refractivity contribution is -0.116. The molecule has 37 heavy (non-hydrogen) atoms. The highest BCUT2D eigenvalue weighted by Crippen LogP contribution is 2.31. The van der Waals surface area contributed by atoms with E-state index in [0.717, 1.165) is 16.1 Å². The summed E-state index contributed by atoms with van der Waals surface area (Å²) < 4.78 is 31.3. The lowest BCUT2D eigenvalue weighted by Gasteiger charge is -2.28. The Labute approximate surface area is 223 Å². The Morgan fingerprint density at radius 1 is 0.973 bits per heavy atom. The van der Waals surface area contributed by atoms with Gasteiger partial charge in [0.15, 0.2) is 5.78 Å². The molecule has 3 rings (SSSR count). The average Bonchev–Trinajstić information content (AvgIpc) is 2.82. The van der Waals surface area contributed by atoms with Crippen molar-refractivity contribution >= 4 is 44.7 Å². The molecule has 0 radical (unpaired) electrons. The van der Waals surface area contributed by atoms with Crippen molar-refractivity contribution in [2.24, 2.45) is 0 Å². The van der Waals surface area contributed by atoms with Crippen LogP contribution in [0.25, 0.3) is 0 Å². The molecule has 0 aliphatic carbocycles. The quantitative estimate of drug-likeness (QED) is 0.370. The van der Waals surface area contributed by atoms with E-state index in [0.29, 0.717) is 22.6 Å². The third-order valence-corrected chi connectivity index (χ3v) is 7.42. The number of halogens is 1. The number of nitrogens with zero attached hydrogens (tertiary/aromatic N) is 1. The molecule has 3 aromatic rings. The fraction of sp³-hybridized carbons (Fsp3) is 0.286. The van der Waals surface area contributed by atoms with Crippen LogP contribution >= 0.6 is 11.6 Å². The van der Waals surface area contributed by atoms with E-state index in [9.17, 15) is 18.0 Å². The first-order valence-corrected chi connectivity index (χ1v) is 13.8. The second-order valence-corrected chi connectivity index (χ2v) is 12.0. The Bertz CT molecular complexity index is 1410. The number of amides is 1. The van der Waals surface area contributed by atoms with Gasteiger partial charge in [0, 0.05) is 16.8 Å². The van der Waals surface area contributed by atoms with Crippen LogP contribution in [0.15, 0.2) is 66.7 Å². The highest BCUT2D eigenvalue weighted by molar-refractivity contribution is 7.92. The Kier molecular flexibility index (Phi) is 8.35. The van der Waals surface area contributed by atoms with Crippen LogP contribution < -0.4 is 14.4 Å². The zero-order valence-corrected chi connectivity index (χ0v) is 23.3. The normalized spacial score (nSPS) is 12.5. The van der Waals surface area contributed by atoms with E-state index in [1.807, 2.05) is 12.1 Å². The van der Waals surface area contributed by atoms with E-state index in [1.54, 1.807) is 36.4 Å². The van der Waals surface area contributed by atoms with Gasteiger partial charge in [-0.25, -0.2) is 8.42 Å². The van der Waals surface area contributed by atoms with Crippen molar-refractivity contribution in [2.75, 3.05) is 23.0 Å². The van der Waals surface area contributed by atoms with Gasteiger partial charge in [-0.05, 0) is 48.2 Å². The van der Waals surface area contributed by atoms with Crippen molar-refractivity contribution in [3.8, 4) is 5.75 Å². The molecular formula is C28H31ClN2O5S. The fourth-order valence-corrected chi connectivity index (χ4v) is 5.29. The number of sulfonamides is 1. The van der Waals surface area contributed by atoms with E-state index in [2.05, 4.69) is 26.1 Å².